The Kier molecular flexibility index (Phi) is 5.15. The highest BCUT2D eigenvalue weighted by atomic mass is 79.9. The van der Waals surface area contributed by atoms with E-state index in [0.29, 0.717) is 22.2 Å². The summed E-state index contributed by atoms with van der Waals surface area (Å²) in [5.41, 5.74) is 0.958. The van der Waals surface area contributed by atoms with Crippen molar-refractivity contribution in [2.24, 2.45) is 0 Å². The first-order valence-corrected chi connectivity index (χ1v) is 6.30. The molecule has 3 nitrogen and oxygen atoms in total. The van der Waals surface area contributed by atoms with Crippen LogP contribution in [-0.4, -0.2) is 18.4 Å². The molecule has 0 N–H and O–H groups in total. The average molecular weight is 320 g/mol. The van der Waals surface area contributed by atoms with Crippen LogP contribution in [-0.2, 0) is 9.53 Å². The number of carbonyl (C=O) groups is 2. The number of Topliss-reactive ketones (excluding diaryl/α,β-unsaturated/α-hetero) is 1. The molecule has 0 heterocycles. The van der Waals surface area contributed by atoms with E-state index in [2.05, 4.69) is 15.9 Å². The quantitative estimate of drug-likeness (QED) is 0.630. The third kappa shape index (κ3) is 3.82. The maximum absolute atomic E-state index is 11.6. The first-order valence-electron chi connectivity index (χ1n) is 5.07. The summed E-state index contributed by atoms with van der Waals surface area (Å²) < 4.78 is 5.58. The zero-order valence-electron chi connectivity index (χ0n) is 9.50. The monoisotopic (exact) mass is 318 g/mol. The summed E-state index contributed by atoms with van der Waals surface area (Å²) >= 11 is 9.22. The smallest absolute Gasteiger partial charge is 0.338 e. The van der Waals surface area contributed by atoms with Crippen molar-refractivity contribution < 1.29 is 14.3 Å². The molecule has 0 saturated carbocycles. The summed E-state index contributed by atoms with van der Waals surface area (Å²) in [5.74, 6) is -0.595. The van der Waals surface area contributed by atoms with Crippen molar-refractivity contribution in [2.75, 3.05) is 6.61 Å². The highest BCUT2D eigenvalue weighted by Crippen LogP contribution is 2.26. The highest BCUT2D eigenvalue weighted by molar-refractivity contribution is 9.10. The van der Waals surface area contributed by atoms with Gasteiger partial charge in [0.1, 0.15) is 5.38 Å². The van der Waals surface area contributed by atoms with Crippen LogP contribution in [0.4, 0.5) is 0 Å². The van der Waals surface area contributed by atoms with E-state index in [1.54, 1.807) is 25.1 Å². The zero-order chi connectivity index (χ0) is 13.0. The number of hydrogen-bond acceptors (Lipinski definition) is 3. The van der Waals surface area contributed by atoms with Crippen LogP contribution in [0.5, 0.6) is 0 Å². The molecule has 0 aliphatic heterocycles. The number of hydrogen-bond donors (Lipinski definition) is 0. The molecule has 0 spiro atoms. The van der Waals surface area contributed by atoms with Crippen molar-refractivity contribution in [3.05, 3.63) is 33.8 Å². The van der Waals surface area contributed by atoms with Crippen molar-refractivity contribution in [2.45, 2.75) is 19.2 Å². The maximum Gasteiger partial charge on any atom is 0.338 e. The largest absolute Gasteiger partial charge is 0.462 e. The predicted molar refractivity (Wildman–Crippen MR) is 69.4 cm³/mol. The maximum atomic E-state index is 11.6. The van der Waals surface area contributed by atoms with Crippen LogP contribution in [0.1, 0.15) is 35.1 Å². The molecule has 0 aliphatic rings. The normalized spacial score (nSPS) is 12.0. The number of esters is 1. The van der Waals surface area contributed by atoms with E-state index >= 15 is 0 Å². The molecule has 0 aliphatic carbocycles. The van der Waals surface area contributed by atoms with Gasteiger partial charge in [-0.3, -0.25) is 4.79 Å². The molecule has 0 amide bonds. The van der Waals surface area contributed by atoms with Crippen molar-refractivity contribution in [1.82, 2.24) is 0 Å². The van der Waals surface area contributed by atoms with E-state index in [1.165, 1.54) is 6.92 Å². The lowest BCUT2D eigenvalue weighted by molar-refractivity contribution is -0.116. The summed E-state index contributed by atoms with van der Waals surface area (Å²) in [4.78, 5) is 22.8. The molecule has 17 heavy (non-hydrogen) atoms. The number of rotatable bonds is 4. The summed E-state index contributed by atoms with van der Waals surface area (Å²) in [7, 11) is 0. The minimum Gasteiger partial charge on any atom is -0.462 e. The summed E-state index contributed by atoms with van der Waals surface area (Å²) in [6, 6.07) is 4.91. The first kappa shape index (κ1) is 14.2. The Labute approximate surface area is 113 Å². The van der Waals surface area contributed by atoms with Gasteiger partial charge in [-0.1, -0.05) is 15.9 Å². The summed E-state index contributed by atoms with van der Waals surface area (Å²) in [5, 5.41) is -0.749. The zero-order valence-corrected chi connectivity index (χ0v) is 11.8. The standard InChI is InChI=1S/C12H12BrClO3/c1-3-17-12(16)9-4-8(5-10(13)6-9)11(14)7(2)15/h4-6,11H,3H2,1-2H3. The number of halogens is 2. The van der Waals surface area contributed by atoms with Gasteiger partial charge in [0.25, 0.3) is 0 Å². The predicted octanol–water partition coefficient (Wildman–Crippen LogP) is 3.49. The number of alkyl halides is 1. The average Bonchev–Trinajstić information content (AvgIpc) is 2.27. The summed E-state index contributed by atoms with van der Waals surface area (Å²) in [6.45, 7) is 3.44. The number of ether oxygens (including phenoxy) is 1. The molecule has 5 heteroatoms. The fraction of sp³-hybridized carbons (Fsp3) is 0.333. The van der Waals surface area contributed by atoms with E-state index in [-0.39, 0.29) is 5.78 Å². The van der Waals surface area contributed by atoms with Crippen molar-refractivity contribution >= 4 is 39.3 Å². The van der Waals surface area contributed by atoms with Crippen LogP contribution in [0.25, 0.3) is 0 Å². The molecule has 1 rings (SSSR count). The van der Waals surface area contributed by atoms with Crippen LogP contribution in [0, 0.1) is 0 Å². The van der Waals surface area contributed by atoms with Gasteiger partial charge in [-0.2, -0.15) is 0 Å². The van der Waals surface area contributed by atoms with E-state index in [0.717, 1.165) is 0 Å². The molecule has 0 fully saturated rings. The van der Waals surface area contributed by atoms with Gasteiger partial charge in [-0.15, -0.1) is 11.6 Å². The molecule has 0 radical (unpaired) electrons. The second-order valence-corrected chi connectivity index (χ2v) is 4.82. The lowest BCUT2D eigenvalue weighted by atomic mass is 10.1. The SMILES string of the molecule is CCOC(=O)c1cc(Br)cc(C(Cl)C(C)=O)c1. The molecule has 0 aromatic heterocycles. The lowest BCUT2D eigenvalue weighted by Crippen LogP contribution is -2.07. The molecule has 1 aromatic carbocycles. The Balaban J connectivity index is 3.10. The van der Waals surface area contributed by atoms with E-state index in [9.17, 15) is 9.59 Å². The van der Waals surface area contributed by atoms with Gasteiger partial charge in [-0.25, -0.2) is 4.79 Å². The van der Waals surface area contributed by atoms with Gasteiger partial charge >= 0.3 is 5.97 Å². The van der Waals surface area contributed by atoms with Crippen LogP contribution < -0.4 is 0 Å². The lowest BCUT2D eigenvalue weighted by Gasteiger charge is -2.09. The minimum absolute atomic E-state index is 0.167. The van der Waals surface area contributed by atoms with Gasteiger partial charge in [0.15, 0.2) is 5.78 Å². The second-order valence-electron chi connectivity index (χ2n) is 3.47. The number of ketones is 1. The van der Waals surface area contributed by atoms with Gasteiger partial charge < -0.3 is 4.74 Å². The van der Waals surface area contributed by atoms with E-state index in [4.69, 9.17) is 16.3 Å². The van der Waals surface area contributed by atoms with Crippen molar-refractivity contribution in [1.29, 1.82) is 0 Å². The molecular weight excluding hydrogens is 307 g/mol. The third-order valence-corrected chi connectivity index (χ3v) is 3.10. The topological polar surface area (TPSA) is 43.4 Å². The molecule has 1 aromatic rings. The van der Waals surface area contributed by atoms with Crippen LogP contribution >= 0.6 is 27.5 Å². The Bertz CT molecular complexity index is 445. The molecule has 1 atom stereocenters. The Morgan fingerprint density at radius 3 is 2.59 bits per heavy atom. The fourth-order valence-electron chi connectivity index (χ4n) is 1.33. The van der Waals surface area contributed by atoms with Crippen molar-refractivity contribution in [3.63, 3.8) is 0 Å². The van der Waals surface area contributed by atoms with E-state index < -0.39 is 11.3 Å². The van der Waals surface area contributed by atoms with Gasteiger partial charge in [0.2, 0.25) is 0 Å². The fourth-order valence-corrected chi connectivity index (χ4v) is 1.96. The van der Waals surface area contributed by atoms with Crippen molar-refractivity contribution in [3.8, 4) is 0 Å². The summed E-state index contributed by atoms with van der Waals surface area (Å²) in [6.07, 6.45) is 0. The first-order chi connectivity index (χ1) is 7.95. The second kappa shape index (κ2) is 6.17. The van der Waals surface area contributed by atoms with Crippen LogP contribution in [0.2, 0.25) is 0 Å². The third-order valence-electron chi connectivity index (χ3n) is 2.08. The minimum atomic E-state index is -0.749. The van der Waals surface area contributed by atoms with Crippen LogP contribution in [0.3, 0.4) is 0 Å². The molecule has 0 saturated heterocycles. The van der Waals surface area contributed by atoms with Crippen LogP contribution in [0.15, 0.2) is 22.7 Å². The van der Waals surface area contributed by atoms with Gasteiger partial charge in [0, 0.05) is 4.47 Å². The number of carbonyl (C=O) groups excluding carboxylic acids is 2. The highest BCUT2D eigenvalue weighted by Gasteiger charge is 2.16. The number of benzene rings is 1. The molecular formula is C12H12BrClO3. The molecule has 92 valence electrons. The van der Waals surface area contributed by atoms with Gasteiger partial charge in [-0.05, 0) is 37.6 Å². The van der Waals surface area contributed by atoms with Gasteiger partial charge in [0.05, 0.1) is 12.2 Å². The molecule has 1 unspecified atom stereocenters. The Morgan fingerprint density at radius 1 is 1.41 bits per heavy atom. The molecule has 0 bridgehead atoms. The van der Waals surface area contributed by atoms with E-state index in [1.807, 2.05) is 0 Å². The Hall–Kier alpha value is -0.870. The Morgan fingerprint density at radius 2 is 2.06 bits per heavy atom.